The molecule has 0 saturated heterocycles. The van der Waals surface area contributed by atoms with E-state index in [0.29, 0.717) is 29.0 Å². The van der Waals surface area contributed by atoms with Gasteiger partial charge >= 0.3 is 5.97 Å². The van der Waals surface area contributed by atoms with Crippen molar-refractivity contribution in [3.05, 3.63) is 54.1 Å². The molecule has 0 N–H and O–H groups in total. The molecule has 0 radical (unpaired) electrons. The highest BCUT2D eigenvalue weighted by molar-refractivity contribution is 5.87. The molecule has 0 aliphatic rings. The van der Waals surface area contributed by atoms with Gasteiger partial charge in [0.25, 0.3) is 5.89 Å². The van der Waals surface area contributed by atoms with E-state index >= 15 is 0 Å². The molecular formula is C18H16N2O6. The van der Waals surface area contributed by atoms with Gasteiger partial charge in [-0.3, -0.25) is 0 Å². The van der Waals surface area contributed by atoms with Crippen molar-refractivity contribution in [1.82, 2.24) is 10.1 Å². The van der Waals surface area contributed by atoms with E-state index in [0.717, 1.165) is 5.56 Å². The van der Waals surface area contributed by atoms with Gasteiger partial charge in [-0.05, 0) is 35.9 Å². The fourth-order valence-corrected chi connectivity index (χ4v) is 2.10. The van der Waals surface area contributed by atoms with Crippen LogP contribution in [-0.2, 0) is 16.1 Å². The third-order valence-corrected chi connectivity index (χ3v) is 3.36. The lowest BCUT2D eigenvalue weighted by molar-refractivity contribution is -0.134. The van der Waals surface area contributed by atoms with Crippen molar-refractivity contribution in [3.8, 4) is 23.1 Å². The highest BCUT2D eigenvalue weighted by Crippen LogP contribution is 2.29. The predicted octanol–water partition coefficient (Wildman–Crippen LogP) is 3.10. The van der Waals surface area contributed by atoms with Gasteiger partial charge in [0.15, 0.2) is 23.9 Å². The van der Waals surface area contributed by atoms with Gasteiger partial charge in [0.2, 0.25) is 5.82 Å². The molecule has 3 rings (SSSR count). The number of ether oxygens (including phenoxy) is 3. The maximum Gasteiger partial charge on any atom is 0.330 e. The van der Waals surface area contributed by atoms with Gasteiger partial charge in [0, 0.05) is 6.08 Å². The molecule has 2 aromatic heterocycles. The third-order valence-electron chi connectivity index (χ3n) is 3.36. The lowest BCUT2D eigenvalue weighted by Gasteiger charge is -2.09. The largest absolute Gasteiger partial charge is 0.493 e. The van der Waals surface area contributed by atoms with E-state index in [-0.39, 0.29) is 6.61 Å². The first kappa shape index (κ1) is 17.3. The van der Waals surface area contributed by atoms with Crippen molar-refractivity contribution in [3.63, 3.8) is 0 Å². The Morgan fingerprint density at radius 3 is 2.85 bits per heavy atom. The summed E-state index contributed by atoms with van der Waals surface area (Å²) < 4.78 is 25.9. The van der Waals surface area contributed by atoms with Crippen LogP contribution in [-0.4, -0.2) is 30.3 Å². The lowest BCUT2D eigenvalue weighted by atomic mass is 10.2. The molecule has 0 unspecified atom stereocenters. The van der Waals surface area contributed by atoms with Crippen LogP contribution in [0.4, 0.5) is 0 Å². The molecule has 0 fully saturated rings. The first-order chi connectivity index (χ1) is 12.7. The summed E-state index contributed by atoms with van der Waals surface area (Å²) in [6.07, 6.45) is 4.47. The van der Waals surface area contributed by atoms with Crippen LogP contribution >= 0.6 is 0 Å². The molecule has 8 heteroatoms. The van der Waals surface area contributed by atoms with Crippen LogP contribution in [0.3, 0.4) is 0 Å². The van der Waals surface area contributed by atoms with Crippen molar-refractivity contribution in [2.45, 2.75) is 6.61 Å². The third kappa shape index (κ3) is 4.10. The summed E-state index contributed by atoms with van der Waals surface area (Å²) in [6.45, 7) is 0.0708. The van der Waals surface area contributed by atoms with E-state index in [1.807, 2.05) is 0 Å². The number of nitrogens with zero attached hydrogens (tertiary/aromatic N) is 2. The summed E-state index contributed by atoms with van der Waals surface area (Å²) in [5.74, 6) is 1.73. The molecule has 0 aliphatic heterocycles. The molecule has 0 bridgehead atoms. The number of carbonyl (C=O) groups excluding carboxylic acids is 1. The van der Waals surface area contributed by atoms with Crippen molar-refractivity contribution in [2.75, 3.05) is 14.2 Å². The van der Waals surface area contributed by atoms with E-state index in [9.17, 15) is 4.79 Å². The molecule has 8 nitrogen and oxygen atoms in total. The Hall–Kier alpha value is -3.55. The Labute approximate surface area is 149 Å². The van der Waals surface area contributed by atoms with Crippen LogP contribution in [0, 0.1) is 0 Å². The molecule has 0 spiro atoms. The van der Waals surface area contributed by atoms with Gasteiger partial charge in [0.1, 0.15) is 0 Å². The molecule has 3 aromatic rings. The van der Waals surface area contributed by atoms with Gasteiger partial charge in [-0.15, -0.1) is 0 Å². The van der Waals surface area contributed by atoms with Crippen molar-refractivity contribution < 1.29 is 27.9 Å². The standard InChI is InChI=1S/C18H16N2O6/c1-22-15-10-12(6-8-17(21)23-2)5-7-13(15)25-11-16-19-18(20-26-16)14-4-3-9-24-14/h3-10H,11H2,1-2H3/b8-6+. The minimum absolute atomic E-state index is 0.0708. The minimum Gasteiger partial charge on any atom is -0.493 e. The monoisotopic (exact) mass is 356 g/mol. The molecule has 2 heterocycles. The zero-order valence-corrected chi connectivity index (χ0v) is 14.2. The fraction of sp³-hybridized carbons (Fsp3) is 0.167. The molecule has 0 atom stereocenters. The number of carbonyl (C=O) groups is 1. The maximum atomic E-state index is 11.2. The SMILES string of the molecule is COC(=O)/C=C/c1ccc(OCc2nc(-c3ccco3)no2)c(OC)c1. The van der Waals surface area contributed by atoms with Gasteiger partial charge < -0.3 is 23.2 Å². The Bertz CT molecular complexity index is 898. The summed E-state index contributed by atoms with van der Waals surface area (Å²) in [7, 11) is 2.84. The van der Waals surface area contributed by atoms with Crippen molar-refractivity contribution in [1.29, 1.82) is 0 Å². The number of benzene rings is 1. The van der Waals surface area contributed by atoms with Crippen LogP contribution in [0.15, 0.2) is 51.6 Å². The highest BCUT2D eigenvalue weighted by atomic mass is 16.5. The fourth-order valence-electron chi connectivity index (χ4n) is 2.10. The maximum absolute atomic E-state index is 11.2. The molecule has 26 heavy (non-hydrogen) atoms. The first-order valence-electron chi connectivity index (χ1n) is 7.63. The van der Waals surface area contributed by atoms with Gasteiger partial charge in [0.05, 0.1) is 20.5 Å². The van der Waals surface area contributed by atoms with E-state index < -0.39 is 5.97 Å². The zero-order valence-electron chi connectivity index (χ0n) is 14.2. The second kappa shape index (κ2) is 8.02. The number of rotatable bonds is 7. The second-order valence-electron chi connectivity index (χ2n) is 5.04. The van der Waals surface area contributed by atoms with Gasteiger partial charge in [-0.2, -0.15) is 4.98 Å². The van der Waals surface area contributed by atoms with Crippen molar-refractivity contribution >= 4 is 12.0 Å². The Morgan fingerprint density at radius 1 is 1.23 bits per heavy atom. The number of hydrogen-bond donors (Lipinski definition) is 0. The Kier molecular flexibility index (Phi) is 5.33. The molecule has 1 aromatic carbocycles. The second-order valence-corrected chi connectivity index (χ2v) is 5.04. The van der Waals surface area contributed by atoms with Crippen LogP contribution < -0.4 is 9.47 Å². The van der Waals surface area contributed by atoms with Crippen LogP contribution in [0.1, 0.15) is 11.5 Å². The number of furan rings is 1. The summed E-state index contributed by atoms with van der Waals surface area (Å²) in [5.41, 5.74) is 0.762. The number of hydrogen-bond acceptors (Lipinski definition) is 8. The number of methoxy groups -OCH3 is 2. The smallest absolute Gasteiger partial charge is 0.330 e. The van der Waals surface area contributed by atoms with E-state index in [1.165, 1.54) is 26.6 Å². The van der Waals surface area contributed by atoms with Crippen LogP contribution in [0.5, 0.6) is 11.5 Å². The average molecular weight is 356 g/mol. The molecule has 134 valence electrons. The minimum atomic E-state index is -0.437. The van der Waals surface area contributed by atoms with E-state index in [4.69, 9.17) is 18.4 Å². The summed E-state index contributed by atoms with van der Waals surface area (Å²) in [5, 5.41) is 3.83. The quantitative estimate of drug-likeness (QED) is 0.470. The van der Waals surface area contributed by atoms with Crippen LogP contribution in [0.2, 0.25) is 0 Å². The zero-order chi connectivity index (χ0) is 18.4. The lowest BCUT2D eigenvalue weighted by Crippen LogP contribution is -1.98. The topological polar surface area (TPSA) is 96.8 Å². The molecule has 0 aliphatic carbocycles. The van der Waals surface area contributed by atoms with Crippen LogP contribution in [0.25, 0.3) is 17.7 Å². The Morgan fingerprint density at radius 2 is 2.12 bits per heavy atom. The van der Waals surface area contributed by atoms with Crippen molar-refractivity contribution in [2.24, 2.45) is 0 Å². The summed E-state index contributed by atoms with van der Waals surface area (Å²) >= 11 is 0. The van der Waals surface area contributed by atoms with Gasteiger partial charge in [-0.1, -0.05) is 11.2 Å². The highest BCUT2D eigenvalue weighted by Gasteiger charge is 2.12. The predicted molar refractivity (Wildman–Crippen MR) is 90.4 cm³/mol. The first-order valence-corrected chi connectivity index (χ1v) is 7.63. The average Bonchev–Trinajstić information content (AvgIpc) is 3.36. The molecule has 0 amide bonds. The summed E-state index contributed by atoms with van der Waals surface area (Å²) in [4.78, 5) is 15.4. The molecule has 0 saturated carbocycles. The van der Waals surface area contributed by atoms with Gasteiger partial charge in [-0.25, -0.2) is 4.79 Å². The summed E-state index contributed by atoms with van der Waals surface area (Å²) in [6, 6.07) is 8.71. The number of aromatic nitrogens is 2. The molecular weight excluding hydrogens is 340 g/mol. The van der Waals surface area contributed by atoms with E-state index in [1.54, 1.807) is 36.4 Å². The normalized spacial score (nSPS) is 10.8. The Balaban J connectivity index is 1.68. The van der Waals surface area contributed by atoms with E-state index in [2.05, 4.69) is 14.9 Å². The number of esters is 1.